The summed E-state index contributed by atoms with van der Waals surface area (Å²) in [5, 5.41) is 20.6. The molecule has 2 aromatic carbocycles. The summed E-state index contributed by atoms with van der Waals surface area (Å²) in [4.78, 5) is 13.0. The molecule has 1 saturated carbocycles. The Labute approximate surface area is 184 Å². The third-order valence-electron chi connectivity index (χ3n) is 5.77. The summed E-state index contributed by atoms with van der Waals surface area (Å²) < 4.78 is 27.8. The van der Waals surface area contributed by atoms with Crippen LogP contribution in [-0.2, 0) is 20.2 Å². The molecule has 0 radical (unpaired) electrons. The Morgan fingerprint density at radius 3 is 2.43 bits per heavy atom. The highest BCUT2D eigenvalue weighted by molar-refractivity contribution is 8.18. The van der Waals surface area contributed by atoms with Crippen LogP contribution in [-0.4, -0.2) is 41.3 Å². The summed E-state index contributed by atoms with van der Waals surface area (Å²) in [6.07, 6.45) is 2.07. The van der Waals surface area contributed by atoms with Crippen LogP contribution in [0.15, 0.2) is 60.7 Å². The summed E-state index contributed by atoms with van der Waals surface area (Å²) in [6, 6.07) is 15.8. The van der Waals surface area contributed by atoms with Gasteiger partial charge in [-0.15, -0.1) is 11.8 Å². The van der Waals surface area contributed by atoms with E-state index in [-0.39, 0.29) is 12.8 Å². The molecule has 158 valence electrons. The predicted molar refractivity (Wildman–Crippen MR) is 118 cm³/mol. The predicted octanol–water partition coefficient (Wildman–Crippen LogP) is 3.22. The smallest absolute Gasteiger partial charge is 0.325 e. The summed E-state index contributed by atoms with van der Waals surface area (Å²) in [5.41, 5.74) is -1.51. The van der Waals surface area contributed by atoms with Crippen molar-refractivity contribution < 1.29 is 23.4 Å². The number of nitrogens with one attached hydrogen (secondary N) is 1. The molecule has 4 rings (SSSR count). The maximum absolute atomic E-state index is 13.1. The number of carboxylic acid groups (broad SMARTS) is 1. The third-order valence-corrected chi connectivity index (χ3v) is 9.70. The number of benzene rings is 2. The number of allylic oxidation sites excluding steroid dienone is 1. The molecule has 3 unspecified atom stereocenters. The molecule has 1 aliphatic carbocycles. The van der Waals surface area contributed by atoms with Crippen molar-refractivity contribution >= 4 is 44.3 Å². The van der Waals surface area contributed by atoms with Crippen molar-refractivity contribution in [2.45, 2.75) is 28.4 Å². The van der Waals surface area contributed by atoms with Crippen LogP contribution < -0.4 is 4.72 Å². The van der Waals surface area contributed by atoms with E-state index in [0.29, 0.717) is 10.6 Å². The highest BCUT2D eigenvalue weighted by atomic mass is 35.5. The number of sulfonamides is 1. The number of hydrogen-bond donors (Lipinski definition) is 3. The monoisotopic (exact) mass is 465 g/mol. The van der Waals surface area contributed by atoms with E-state index >= 15 is 0 Å². The molecule has 1 fully saturated rings. The SMILES string of the molecule is O=C(O)C1(NS(=O)(=O)C2CC=C(c3ccc(Cl)cc3)S2)CC1(CO)c1ccccc1. The first kappa shape index (κ1) is 21.4. The maximum atomic E-state index is 13.1. The molecule has 0 aromatic heterocycles. The van der Waals surface area contributed by atoms with Gasteiger partial charge in [0.15, 0.2) is 0 Å². The second-order valence-electron chi connectivity index (χ2n) is 7.50. The lowest BCUT2D eigenvalue weighted by atomic mass is 9.91. The van der Waals surface area contributed by atoms with Gasteiger partial charge in [0, 0.05) is 9.93 Å². The Hall–Kier alpha value is -1.84. The van der Waals surface area contributed by atoms with Gasteiger partial charge >= 0.3 is 5.97 Å². The van der Waals surface area contributed by atoms with Crippen molar-refractivity contribution in [3.05, 3.63) is 76.8 Å². The second kappa shape index (κ2) is 7.69. The van der Waals surface area contributed by atoms with E-state index in [1.165, 1.54) is 11.8 Å². The molecule has 3 N–H and O–H groups in total. The van der Waals surface area contributed by atoms with Crippen LogP contribution in [0.3, 0.4) is 0 Å². The Balaban J connectivity index is 1.57. The highest BCUT2D eigenvalue weighted by Crippen LogP contribution is 2.58. The van der Waals surface area contributed by atoms with E-state index in [9.17, 15) is 23.4 Å². The van der Waals surface area contributed by atoms with Gasteiger partial charge in [-0.3, -0.25) is 4.79 Å². The summed E-state index contributed by atoms with van der Waals surface area (Å²) >= 11 is 7.08. The van der Waals surface area contributed by atoms with Crippen molar-refractivity contribution in [2.24, 2.45) is 0 Å². The number of hydrogen-bond acceptors (Lipinski definition) is 5. The van der Waals surface area contributed by atoms with E-state index in [1.807, 2.05) is 18.2 Å². The van der Waals surface area contributed by atoms with Crippen LogP contribution in [0.2, 0.25) is 5.02 Å². The van der Waals surface area contributed by atoms with Crippen molar-refractivity contribution in [3.8, 4) is 0 Å². The average Bonchev–Trinajstić information content (AvgIpc) is 3.12. The summed E-state index contributed by atoms with van der Waals surface area (Å²) in [6.45, 7) is -0.474. The summed E-state index contributed by atoms with van der Waals surface area (Å²) in [7, 11) is -4.00. The maximum Gasteiger partial charge on any atom is 0.325 e. The quantitative estimate of drug-likeness (QED) is 0.580. The van der Waals surface area contributed by atoms with Crippen LogP contribution >= 0.6 is 23.4 Å². The number of carboxylic acids is 1. The molecule has 1 aliphatic heterocycles. The minimum Gasteiger partial charge on any atom is -0.480 e. The number of thioether (sulfide) groups is 1. The molecule has 0 saturated heterocycles. The number of halogens is 1. The van der Waals surface area contributed by atoms with Gasteiger partial charge in [-0.1, -0.05) is 60.1 Å². The second-order valence-corrected chi connectivity index (χ2v) is 11.3. The third kappa shape index (κ3) is 3.46. The summed E-state index contributed by atoms with van der Waals surface area (Å²) in [5.74, 6) is -1.29. The number of aliphatic carboxylic acids is 1. The Bertz CT molecular complexity index is 1100. The topological polar surface area (TPSA) is 104 Å². The zero-order chi connectivity index (χ0) is 21.6. The minimum atomic E-state index is -4.00. The van der Waals surface area contributed by atoms with Crippen molar-refractivity contribution in [3.63, 3.8) is 0 Å². The molecule has 1 heterocycles. The van der Waals surface area contributed by atoms with Gasteiger partial charge in [0.2, 0.25) is 10.0 Å². The van der Waals surface area contributed by atoms with Gasteiger partial charge < -0.3 is 10.2 Å². The van der Waals surface area contributed by atoms with E-state index in [1.54, 1.807) is 42.5 Å². The normalized spacial score (nSPS) is 28.2. The van der Waals surface area contributed by atoms with Gasteiger partial charge in [0.05, 0.1) is 12.0 Å². The molecular weight excluding hydrogens is 446 g/mol. The average molecular weight is 466 g/mol. The van der Waals surface area contributed by atoms with Gasteiger partial charge in [0.25, 0.3) is 0 Å². The Morgan fingerprint density at radius 2 is 1.83 bits per heavy atom. The van der Waals surface area contributed by atoms with E-state index in [0.717, 1.165) is 10.5 Å². The first-order valence-corrected chi connectivity index (χ1v) is 12.1. The molecule has 0 bridgehead atoms. The number of aliphatic hydroxyl groups is 1. The standard InChI is InChI=1S/C21H20ClNO5S2/c22-16-8-6-14(7-9-16)17-10-11-18(29-17)30(27,28)23-21(19(25)26)12-20(21,13-24)15-4-2-1-3-5-15/h1-10,18,23-24H,11-13H2,(H,25,26). The Morgan fingerprint density at radius 1 is 1.17 bits per heavy atom. The first-order valence-electron chi connectivity index (χ1n) is 9.29. The fraction of sp³-hybridized carbons (Fsp3) is 0.286. The molecule has 0 spiro atoms. The van der Waals surface area contributed by atoms with E-state index < -0.39 is 38.1 Å². The molecule has 0 amide bonds. The fourth-order valence-electron chi connectivity index (χ4n) is 3.99. The van der Waals surface area contributed by atoms with Crippen LogP contribution in [0, 0.1) is 0 Å². The lowest BCUT2D eigenvalue weighted by Crippen LogP contribution is -2.51. The largest absolute Gasteiger partial charge is 0.480 e. The van der Waals surface area contributed by atoms with Crippen LogP contribution in [0.25, 0.3) is 4.91 Å². The van der Waals surface area contributed by atoms with E-state index in [2.05, 4.69) is 4.72 Å². The minimum absolute atomic E-state index is 0.00999. The number of carbonyl (C=O) groups is 1. The fourth-order valence-corrected chi connectivity index (χ4v) is 7.34. The molecule has 30 heavy (non-hydrogen) atoms. The number of aliphatic hydroxyl groups excluding tert-OH is 1. The van der Waals surface area contributed by atoms with Crippen molar-refractivity contribution in [1.82, 2.24) is 4.72 Å². The molecule has 3 atom stereocenters. The molecule has 2 aromatic rings. The lowest BCUT2D eigenvalue weighted by Gasteiger charge is -2.24. The van der Waals surface area contributed by atoms with Gasteiger partial charge in [-0.25, -0.2) is 8.42 Å². The van der Waals surface area contributed by atoms with E-state index in [4.69, 9.17) is 11.6 Å². The number of rotatable bonds is 7. The zero-order valence-corrected chi connectivity index (χ0v) is 18.2. The molecular formula is C21H20ClNO5S2. The van der Waals surface area contributed by atoms with Crippen LogP contribution in [0.1, 0.15) is 24.0 Å². The lowest BCUT2D eigenvalue weighted by molar-refractivity contribution is -0.141. The first-order chi connectivity index (χ1) is 14.2. The van der Waals surface area contributed by atoms with Gasteiger partial charge in [-0.2, -0.15) is 4.72 Å². The molecule has 2 aliphatic rings. The van der Waals surface area contributed by atoms with Gasteiger partial charge in [0.1, 0.15) is 10.1 Å². The molecule has 6 nitrogen and oxygen atoms in total. The van der Waals surface area contributed by atoms with Crippen molar-refractivity contribution in [1.29, 1.82) is 0 Å². The zero-order valence-electron chi connectivity index (χ0n) is 15.8. The van der Waals surface area contributed by atoms with Crippen LogP contribution in [0.5, 0.6) is 0 Å². The Kier molecular flexibility index (Phi) is 5.48. The highest BCUT2D eigenvalue weighted by Gasteiger charge is 2.75. The molecule has 9 heteroatoms. The van der Waals surface area contributed by atoms with Crippen LogP contribution in [0.4, 0.5) is 0 Å². The van der Waals surface area contributed by atoms with Crippen molar-refractivity contribution in [2.75, 3.05) is 6.61 Å². The van der Waals surface area contributed by atoms with Gasteiger partial charge in [-0.05, 0) is 36.1 Å².